The number of carbonyl (C=O) groups excluding carboxylic acids is 2. The van der Waals surface area contributed by atoms with Gasteiger partial charge in [-0.3, -0.25) is 30.6 Å². The predicted octanol–water partition coefficient (Wildman–Crippen LogP) is 2.31. The number of benzene rings is 1. The van der Waals surface area contributed by atoms with Gasteiger partial charge in [0.15, 0.2) is 5.11 Å². The Morgan fingerprint density at radius 1 is 1.07 bits per heavy atom. The van der Waals surface area contributed by atoms with Crippen molar-refractivity contribution in [3.05, 3.63) is 33.9 Å². The largest absolute Gasteiger partial charge is 0.356 e. The molecule has 0 spiro atoms. The number of hydrogen-bond acceptors (Lipinski definition) is 5. The highest BCUT2D eigenvalue weighted by molar-refractivity contribution is 7.80. The Hall–Kier alpha value is -2.75. The maximum atomic E-state index is 12.2. The van der Waals surface area contributed by atoms with Crippen LogP contribution in [0.5, 0.6) is 0 Å². The number of anilines is 1. The van der Waals surface area contributed by atoms with Crippen LogP contribution in [0.4, 0.5) is 11.4 Å². The summed E-state index contributed by atoms with van der Waals surface area (Å²) in [7, 11) is 0. The molecule has 0 unspecified atom stereocenters. The summed E-state index contributed by atoms with van der Waals surface area (Å²) >= 11 is 5.35. The number of amides is 2. The lowest BCUT2D eigenvalue weighted by atomic mass is 9.53. The zero-order valence-corrected chi connectivity index (χ0v) is 17.5. The summed E-state index contributed by atoms with van der Waals surface area (Å²) in [6.07, 6.45) is 7.24. The lowest BCUT2D eigenvalue weighted by Crippen LogP contribution is -2.63. The summed E-state index contributed by atoms with van der Waals surface area (Å²) in [4.78, 5) is 34.7. The molecule has 0 heterocycles. The second-order valence-corrected chi connectivity index (χ2v) is 9.35. The minimum Gasteiger partial charge on any atom is -0.356 e. The van der Waals surface area contributed by atoms with Gasteiger partial charge in [-0.15, -0.1) is 0 Å². The molecule has 4 N–H and O–H groups in total. The number of carbonyl (C=O) groups is 2. The lowest BCUT2D eigenvalue weighted by molar-refractivity contribution is -0.384. The van der Waals surface area contributed by atoms with Crippen LogP contribution in [-0.2, 0) is 9.59 Å². The van der Waals surface area contributed by atoms with Crippen molar-refractivity contribution in [3.8, 4) is 0 Å². The fraction of sp³-hybridized carbons (Fsp3) is 0.550. The van der Waals surface area contributed by atoms with E-state index in [1.54, 1.807) is 6.92 Å². The van der Waals surface area contributed by atoms with E-state index in [0.717, 1.165) is 37.0 Å². The molecule has 0 aromatic heterocycles. The molecule has 10 heteroatoms. The van der Waals surface area contributed by atoms with Crippen LogP contribution in [0.3, 0.4) is 0 Å². The number of nitro groups is 1. The Morgan fingerprint density at radius 3 is 2.23 bits per heavy atom. The molecular weight excluding hydrogens is 406 g/mol. The van der Waals surface area contributed by atoms with Crippen LogP contribution in [-0.4, -0.2) is 27.4 Å². The van der Waals surface area contributed by atoms with Crippen LogP contribution in [0.1, 0.15) is 44.1 Å². The van der Waals surface area contributed by atoms with E-state index in [1.807, 2.05) is 0 Å². The number of nitrogens with zero attached hydrogens (tertiary/aromatic N) is 1. The quantitative estimate of drug-likeness (QED) is 0.250. The summed E-state index contributed by atoms with van der Waals surface area (Å²) in [5.74, 6) is 0.388. The molecule has 9 nitrogen and oxygen atoms in total. The molecule has 0 atom stereocenters. The van der Waals surface area contributed by atoms with E-state index in [-0.39, 0.29) is 16.9 Å². The second-order valence-electron chi connectivity index (χ2n) is 8.94. The van der Waals surface area contributed by atoms with Gasteiger partial charge >= 0.3 is 11.8 Å². The number of rotatable bonds is 3. The molecule has 2 amide bonds. The third kappa shape index (κ3) is 4.23. The van der Waals surface area contributed by atoms with Crippen LogP contribution in [0.2, 0.25) is 0 Å². The molecule has 0 aliphatic heterocycles. The summed E-state index contributed by atoms with van der Waals surface area (Å²) in [5, 5.41) is 17.0. The predicted molar refractivity (Wildman–Crippen MR) is 114 cm³/mol. The fourth-order valence-corrected chi connectivity index (χ4v) is 6.01. The Labute approximate surface area is 179 Å². The van der Waals surface area contributed by atoms with Gasteiger partial charge in [0.1, 0.15) is 0 Å². The van der Waals surface area contributed by atoms with E-state index >= 15 is 0 Å². The number of aryl methyl sites for hydroxylation is 1. The van der Waals surface area contributed by atoms with Crippen molar-refractivity contribution in [1.82, 2.24) is 16.2 Å². The monoisotopic (exact) mass is 431 g/mol. The minimum atomic E-state index is -0.941. The molecule has 4 aliphatic carbocycles. The average Bonchev–Trinajstić information content (AvgIpc) is 2.66. The van der Waals surface area contributed by atoms with Gasteiger partial charge in [-0.05, 0) is 81.0 Å². The summed E-state index contributed by atoms with van der Waals surface area (Å²) in [6, 6.07) is 4.06. The van der Waals surface area contributed by atoms with Crippen molar-refractivity contribution < 1.29 is 14.5 Å². The van der Waals surface area contributed by atoms with E-state index in [1.165, 1.54) is 37.5 Å². The fourth-order valence-electron chi connectivity index (χ4n) is 5.74. The van der Waals surface area contributed by atoms with Crippen molar-refractivity contribution in [2.24, 2.45) is 17.8 Å². The second kappa shape index (κ2) is 7.82. The van der Waals surface area contributed by atoms with Crippen molar-refractivity contribution >= 4 is 40.5 Å². The van der Waals surface area contributed by atoms with Crippen molar-refractivity contribution in [1.29, 1.82) is 0 Å². The number of nitrogens with one attached hydrogen (secondary N) is 4. The first-order valence-electron chi connectivity index (χ1n) is 10.2. The maximum absolute atomic E-state index is 12.2. The summed E-state index contributed by atoms with van der Waals surface area (Å²) in [6.45, 7) is 1.68. The van der Waals surface area contributed by atoms with Crippen molar-refractivity contribution in [2.75, 3.05) is 5.32 Å². The van der Waals surface area contributed by atoms with Crippen molar-refractivity contribution in [3.63, 3.8) is 0 Å². The Morgan fingerprint density at radius 2 is 1.67 bits per heavy atom. The van der Waals surface area contributed by atoms with Gasteiger partial charge in [0.25, 0.3) is 5.69 Å². The topological polar surface area (TPSA) is 125 Å². The van der Waals surface area contributed by atoms with Crippen molar-refractivity contribution in [2.45, 2.75) is 51.0 Å². The van der Waals surface area contributed by atoms with Crippen LogP contribution in [0.15, 0.2) is 18.2 Å². The summed E-state index contributed by atoms with van der Waals surface area (Å²) < 4.78 is 0. The molecule has 30 heavy (non-hydrogen) atoms. The van der Waals surface area contributed by atoms with E-state index in [9.17, 15) is 19.7 Å². The van der Waals surface area contributed by atoms with E-state index in [4.69, 9.17) is 12.2 Å². The van der Waals surface area contributed by atoms with Gasteiger partial charge in [0, 0.05) is 17.7 Å². The maximum Gasteiger partial charge on any atom is 0.328 e. The molecule has 0 saturated heterocycles. The van der Waals surface area contributed by atoms with Crippen LogP contribution >= 0.6 is 12.2 Å². The first-order valence-corrected chi connectivity index (χ1v) is 10.6. The SMILES string of the molecule is Cc1ccc([N+](=O)[O-])cc1NC(=O)C(=O)NNC(=S)NC12CC3CC(CC(C3)C1)C2. The van der Waals surface area contributed by atoms with Gasteiger partial charge < -0.3 is 10.6 Å². The highest BCUT2D eigenvalue weighted by atomic mass is 32.1. The van der Waals surface area contributed by atoms with Gasteiger partial charge in [0.2, 0.25) is 0 Å². The standard InChI is InChI=1S/C20H25N5O4S/c1-11-2-3-15(25(28)29)7-16(11)21-17(26)18(27)23-24-19(30)22-20-8-12-4-13(9-20)6-14(5-12)10-20/h2-3,7,12-14H,4-6,8-10H2,1H3,(H,21,26)(H,23,27)(H2,22,24,30). The molecular formula is C20H25N5O4S. The normalized spacial score (nSPS) is 28.5. The minimum absolute atomic E-state index is 0.00803. The smallest absolute Gasteiger partial charge is 0.328 e. The first kappa shape index (κ1) is 20.5. The van der Waals surface area contributed by atoms with E-state index in [0.29, 0.717) is 10.7 Å². The zero-order chi connectivity index (χ0) is 21.5. The number of hydrogen-bond donors (Lipinski definition) is 4. The average molecular weight is 432 g/mol. The molecule has 160 valence electrons. The van der Waals surface area contributed by atoms with Crippen LogP contribution in [0, 0.1) is 34.8 Å². The lowest BCUT2D eigenvalue weighted by Gasteiger charge is -2.57. The highest BCUT2D eigenvalue weighted by Crippen LogP contribution is 2.55. The molecule has 1 aromatic carbocycles. The molecule has 5 rings (SSSR count). The summed E-state index contributed by atoms with van der Waals surface area (Å²) in [5.41, 5.74) is 5.56. The third-order valence-corrected chi connectivity index (χ3v) is 6.80. The van der Waals surface area contributed by atoms with Crippen LogP contribution in [0.25, 0.3) is 0 Å². The molecule has 4 bridgehead atoms. The number of thiocarbonyl (C=S) groups is 1. The van der Waals surface area contributed by atoms with E-state index in [2.05, 4.69) is 21.5 Å². The molecule has 4 fully saturated rings. The van der Waals surface area contributed by atoms with Gasteiger partial charge in [0.05, 0.1) is 10.6 Å². The molecule has 4 saturated carbocycles. The molecule has 4 aliphatic rings. The number of hydrazine groups is 1. The van der Waals surface area contributed by atoms with Gasteiger partial charge in [-0.2, -0.15) is 0 Å². The number of nitro benzene ring substituents is 1. The van der Waals surface area contributed by atoms with Gasteiger partial charge in [-0.25, -0.2) is 0 Å². The van der Waals surface area contributed by atoms with Gasteiger partial charge in [-0.1, -0.05) is 6.07 Å². The molecule has 0 radical (unpaired) electrons. The van der Waals surface area contributed by atoms with E-state index < -0.39 is 16.7 Å². The Balaban J connectivity index is 1.29. The molecule has 1 aromatic rings. The van der Waals surface area contributed by atoms with Crippen LogP contribution < -0.4 is 21.5 Å². The number of non-ortho nitro benzene ring substituents is 1. The Kier molecular flexibility index (Phi) is 5.35. The first-order chi connectivity index (χ1) is 14.2. The Bertz CT molecular complexity index is 883. The zero-order valence-electron chi connectivity index (χ0n) is 16.7. The third-order valence-electron chi connectivity index (χ3n) is 6.59. The highest BCUT2D eigenvalue weighted by Gasteiger charge is 2.51.